The largest absolute Gasteiger partial charge is 0.480 e. The van der Waals surface area contributed by atoms with Gasteiger partial charge in [0.1, 0.15) is 16.9 Å². The molecule has 3 heteroatoms. The normalized spacial score (nSPS) is 20.1. The van der Waals surface area contributed by atoms with Crippen LogP contribution in [0.15, 0.2) is 16.5 Å². The van der Waals surface area contributed by atoms with E-state index in [0.29, 0.717) is 18.6 Å². The van der Waals surface area contributed by atoms with Gasteiger partial charge in [-0.1, -0.05) is 19.3 Å². The van der Waals surface area contributed by atoms with Crippen molar-refractivity contribution in [3.05, 3.63) is 23.7 Å². The van der Waals surface area contributed by atoms with Crippen LogP contribution in [0.4, 0.5) is 0 Å². The average Bonchev–Trinajstić information content (AvgIpc) is 2.66. The highest BCUT2D eigenvalue weighted by molar-refractivity contribution is 5.80. The van der Waals surface area contributed by atoms with Crippen molar-refractivity contribution >= 4 is 5.97 Å². The zero-order valence-electron chi connectivity index (χ0n) is 8.95. The maximum absolute atomic E-state index is 11.4. The third kappa shape index (κ3) is 1.66. The molecule has 0 atom stereocenters. The van der Waals surface area contributed by atoms with Crippen LogP contribution >= 0.6 is 0 Å². The molecule has 0 saturated heterocycles. The standard InChI is InChI=1S/C12H16O3/c1-9-5-6-10(15-9)12(11(13)14)7-3-2-4-8-12/h5-6H,2-4,7-8H2,1H3,(H,13,14). The Morgan fingerprint density at radius 3 is 2.47 bits per heavy atom. The molecule has 0 aromatic carbocycles. The van der Waals surface area contributed by atoms with Crippen LogP contribution in [0.5, 0.6) is 0 Å². The molecule has 1 aliphatic carbocycles. The Morgan fingerprint density at radius 1 is 1.33 bits per heavy atom. The van der Waals surface area contributed by atoms with Crippen molar-refractivity contribution in [2.24, 2.45) is 0 Å². The van der Waals surface area contributed by atoms with E-state index in [4.69, 9.17) is 4.42 Å². The van der Waals surface area contributed by atoms with Crippen molar-refractivity contribution in [3.8, 4) is 0 Å². The van der Waals surface area contributed by atoms with Crippen molar-refractivity contribution < 1.29 is 14.3 Å². The quantitative estimate of drug-likeness (QED) is 0.813. The van der Waals surface area contributed by atoms with Crippen LogP contribution in [0.3, 0.4) is 0 Å². The van der Waals surface area contributed by atoms with Gasteiger partial charge in [-0.3, -0.25) is 4.79 Å². The van der Waals surface area contributed by atoms with E-state index in [0.717, 1.165) is 25.0 Å². The van der Waals surface area contributed by atoms with Gasteiger partial charge >= 0.3 is 5.97 Å². The molecule has 0 bridgehead atoms. The zero-order valence-corrected chi connectivity index (χ0v) is 8.95. The second-order valence-electron chi connectivity index (χ2n) is 4.36. The van der Waals surface area contributed by atoms with Gasteiger partial charge in [-0.15, -0.1) is 0 Å². The summed E-state index contributed by atoms with van der Waals surface area (Å²) in [6.07, 6.45) is 4.50. The second-order valence-corrected chi connectivity index (χ2v) is 4.36. The van der Waals surface area contributed by atoms with Gasteiger partial charge in [0, 0.05) is 0 Å². The van der Waals surface area contributed by atoms with E-state index >= 15 is 0 Å². The molecule has 1 heterocycles. The van der Waals surface area contributed by atoms with Gasteiger partial charge in [0.15, 0.2) is 0 Å². The van der Waals surface area contributed by atoms with Crippen molar-refractivity contribution in [2.75, 3.05) is 0 Å². The summed E-state index contributed by atoms with van der Waals surface area (Å²) in [5, 5.41) is 9.39. The number of carboxylic acids is 1. The Labute approximate surface area is 89.1 Å². The monoisotopic (exact) mass is 208 g/mol. The summed E-state index contributed by atoms with van der Waals surface area (Å²) in [5.41, 5.74) is -0.757. The van der Waals surface area contributed by atoms with Crippen LogP contribution < -0.4 is 0 Å². The molecule has 15 heavy (non-hydrogen) atoms. The highest BCUT2D eigenvalue weighted by Gasteiger charge is 2.43. The number of carboxylic acid groups (broad SMARTS) is 1. The van der Waals surface area contributed by atoms with E-state index in [9.17, 15) is 9.90 Å². The van der Waals surface area contributed by atoms with Gasteiger partial charge < -0.3 is 9.52 Å². The summed E-state index contributed by atoms with van der Waals surface area (Å²) in [6, 6.07) is 3.66. The lowest BCUT2D eigenvalue weighted by Gasteiger charge is -2.31. The predicted molar refractivity (Wildman–Crippen MR) is 55.8 cm³/mol. The molecule has 1 N–H and O–H groups in total. The first kappa shape index (κ1) is 10.3. The van der Waals surface area contributed by atoms with Gasteiger partial charge in [-0.2, -0.15) is 0 Å². The molecule has 1 aromatic rings. The lowest BCUT2D eigenvalue weighted by atomic mass is 9.72. The minimum atomic E-state index is -0.757. The maximum atomic E-state index is 11.4. The zero-order chi connectivity index (χ0) is 10.9. The highest BCUT2D eigenvalue weighted by atomic mass is 16.4. The fourth-order valence-corrected chi connectivity index (χ4v) is 2.41. The Balaban J connectivity index is 2.37. The Bertz CT molecular complexity index is 359. The smallest absolute Gasteiger partial charge is 0.317 e. The lowest BCUT2D eigenvalue weighted by molar-refractivity contribution is -0.146. The molecular weight excluding hydrogens is 192 g/mol. The minimum Gasteiger partial charge on any atom is -0.480 e. The Morgan fingerprint density at radius 2 is 2.00 bits per heavy atom. The first-order valence-corrected chi connectivity index (χ1v) is 5.45. The summed E-state index contributed by atoms with van der Waals surface area (Å²) in [4.78, 5) is 11.4. The summed E-state index contributed by atoms with van der Waals surface area (Å²) in [7, 11) is 0. The summed E-state index contributed by atoms with van der Waals surface area (Å²) in [5.74, 6) is 0.681. The lowest BCUT2D eigenvalue weighted by Crippen LogP contribution is -2.37. The Hall–Kier alpha value is -1.25. The summed E-state index contributed by atoms with van der Waals surface area (Å²) >= 11 is 0. The third-order valence-corrected chi connectivity index (χ3v) is 3.33. The molecule has 1 saturated carbocycles. The van der Waals surface area contributed by atoms with Crippen LogP contribution in [0.2, 0.25) is 0 Å². The second kappa shape index (κ2) is 3.72. The molecule has 1 aliphatic rings. The first-order valence-electron chi connectivity index (χ1n) is 5.45. The molecule has 3 nitrogen and oxygen atoms in total. The minimum absolute atomic E-state index is 0.632. The fraction of sp³-hybridized carbons (Fsp3) is 0.583. The molecule has 2 rings (SSSR count). The van der Waals surface area contributed by atoms with E-state index < -0.39 is 11.4 Å². The molecular formula is C12H16O3. The first-order chi connectivity index (χ1) is 7.15. The molecule has 0 aliphatic heterocycles. The van der Waals surface area contributed by atoms with E-state index in [2.05, 4.69) is 0 Å². The molecule has 82 valence electrons. The number of rotatable bonds is 2. The molecule has 0 spiro atoms. The van der Waals surface area contributed by atoms with Crippen molar-refractivity contribution in [3.63, 3.8) is 0 Å². The highest BCUT2D eigenvalue weighted by Crippen LogP contribution is 2.40. The van der Waals surface area contributed by atoms with Gasteiger partial charge in [0.05, 0.1) is 0 Å². The number of aryl methyl sites for hydroxylation is 1. The predicted octanol–water partition coefficient (Wildman–Crippen LogP) is 2.87. The van der Waals surface area contributed by atoms with Crippen LogP contribution in [0, 0.1) is 6.92 Å². The van der Waals surface area contributed by atoms with Gasteiger partial charge in [-0.25, -0.2) is 0 Å². The van der Waals surface area contributed by atoms with E-state index in [1.54, 1.807) is 0 Å². The van der Waals surface area contributed by atoms with Crippen LogP contribution in [0.25, 0.3) is 0 Å². The molecule has 1 fully saturated rings. The van der Waals surface area contributed by atoms with Crippen molar-refractivity contribution in [1.29, 1.82) is 0 Å². The van der Waals surface area contributed by atoms with E-state index in [1.807, 2.05) is 19.1 Å². The molecule has 0 unspecified atom stereocenters. The topological polar surface area (TPSA) is 50.4 Å². The van der Waals surface area contributed by atoms with Crippen molar-refractivity contribution in [2.45, 2.75) is 44.4 Å². The summed E-state index contributed by atoms with van der Waals surface area (Å²) < 4.78 is 5.51. The number of aliphatic carboxylic acids is 1. The molecule has 0 radical (unpaired) electrons. The number of carbonyl (C=O) groups is 1. The van der Waals surface area contributed by atoms with Crippen LogP contribution in [0.1, 0.15) is 43.6 Å². The third-order valence-electron chi connectivity index (χ3n) is 3.33. The molecule has 1 aromatic heterocycles. The van der Waals surface area contributed by atoms with Crippen LogP contribution in [-0.4, -0.2) is 11.1 Å². The fourth-order valence-electron chi connectivity index (χ4n) is 2.41. The van der Waals surface area contributed by atoms with E-state index in [1.165, 1.54) is 0 Å². The van der Waals surface area contributed by atoms with Gasteiger partial charge in [-0.05, 0) is 31.9 Å². The summed E-state index contributed by atoms with van der Waals surface area (Å²) in [6.45, 7) is 1.85. The maximum Gasteiger partial charge on any atom is 0.317 e. The SMILES string of the molecule is Cc1ccc(C2(C(=O)O)CCCCC2)o1. The number of furan rings is 1. The number of hydrogen-bond acceptors (Lipinski definition) is 2. The number of hydrogen-bond donors (Lipinski definition) is 1. The molecule has 0 amide bonds. The van der Waals surface area contributed by atoms with Crippen molar-refractivity contribution in [1.82, 2.24) is 0 Å². The van der Waals surface area contributed by atoms with Crippen LogP contribution in [-0.2, 0) is 10.2 Å². The van der Waals surface area contributed by atoms with Gasteiger partial charge in [0.25, 0.3) is 0 Å². The Kier molecular flexibility index (Phi) is 2.55. The van der Waals surface area contributed by atoms with E-state index in [-0.39, 0.29) is 0 Å². The van der Waals surface area contributed by atoms with Gasteiger partial charge in [0.2, 0.25) is 0 Å². The average molecular weight is 208 g/mol.